The molecule has 2 rings (SSSR count). The molecule has 2 heterocycles. The number of ketones is 1. The molecule has 0 saturated carbocycles. The first-order chi connectivity index (χ1) is 8.97. The fraction of sp³-hybridized carbons (Fsp3) is 0.100. The molecule has 1 amide bonds. The fourth-order valence-electron chi connectivity index (χ4n) is 1.26. The molecule has 0 aromatic carbocycles. The van der Waals surface area contributed by atoms with E-state index in [9.17, 15) is 9.59 Å². The Labute approximate surface area is 112 Å². The van der Waals surface area contributed by atoms with Crippen molar-refractivity contribution < 1.29 is 14.3 Å². The maximum Gasteiger partial charge on any atom is 0.410 e. The van der Waals surface area contributed by atoms with Crippen molar-refractivity contribution in [2.75, 3.05) is 0 Å². The van der Waals surface area contributed by atoms with Crippen LogP contribution in [0.3, 0.4) is 0 Å². The highest BCUT2D eigenvalue weighted by atomic mass is 35.5. The number of nitrogens with two attached hydrogens (primary N) is 1. The van der Waals surface area contributed by atoms with Crippen LogP contribution >= 0.6 is 11.6 Å². The minimum absolute atomic E-state index is 0.0974. The van der Waals surface area contributed by atoms with Crippen molar-refractivity contribution in [3.63, 3.8) is 0 Å². The number of carbonyl (C=O) groups excluding carboxylic acids is 2. The molecule has 0 unspecified atom stereocenters. The summed E-state index contributed by atoms with van der Waals surface area (Å²) in [6, 6.07) is 1.34. The number of Topliss-reactive ketones (excluding diaryl/α,β-unsaturated/α-hetero) is 1. The Kier molecular flexibility index (Phi) is 3.43. The lowest BCUT2D eigenvalue weighted by molar-refractivity contribution is 0.101. The van der Waals surface area contributed by atoms with Gasteiger partial charge in [-0.15, -0.1) is 9.90 Å². The van der Waals surface area contributed by atoms with Gasteiger partial charge in [0.2, 0.25) is 0 Å². The molecule has 2 N–H and O–H groups in total. The second-order valence-corrected chi connectivity index (χ2v) is 3.88. The van der Waals surface area contributed by atoms with Crippen LogP contribution in [0.1, 0.15) is 17.4 Å². The number of carbonyl (C=O) groups is 2. The Morgan fingerprint density at radius 3 is 2.68 bits per heavy atom. The number of nitrogens with zero attached hydrogens (tertiary/aromatic N) is 4. The van der Waals surface area contributed by atoms with Gasteiger partial charge in [0.05, 0.1) is 17.4 Å². The van der Waals surface area contributed by atoms with Crippen molar-refractivity contribution in [2.45, 2.75) is 6.92 Å². The molecular weight excluding hydrogens is 274 g/mol. The summed E-state index contributed by atoms with van der Waals surface area (Å²) in [7, 11) is 0. The Bertz CT molecular complexity index is 654. The van der Waals surface area contributed by atoms with Crippen LogP contribution in [0.25, 0.3) is 5.82 Å². The summed E-state index contributed by atoms with van der Waals surface area (Å²) >= 11 is 5.96. The van der Waals surface area contributed by atoms with Crippen LogP contribution in [0.2, 0.25) is 5.02 Å². The van der Waals surface area contributed by atoms with Gasteiger partial charge in [-0.05, 0) is 0 Å². The average Bonchev–Trinajstić information content (AvgIpc) is 2.77. The van der Waals surface area contributed by atoms with Gasteiger partial charge in [0, 0.05) is 13.0 Å². The molecule has 0 saturated heterocycles. The Balaban J connectivity index is 2.34. The third-order valence-corrected chi connectivity index (χ3v) is 2.34. The number of primary amides is 1. The smallest absolute Gasteiger partial charge is 0.409 e. The number of halogens is 1. The lowest BCUT2D eigenvalue weighted by atomic mass is 10.3. The van der Waals surface area contributed by atoms with Crippen LogP contribution in [0.15, 0.2) is 18.5 Å². The molecule has 0 aliphatic rings. The minimum atomic E-state index is -0.971. The first-order valence-electron chi connectivity index (χ1n) is 5.04. The zero-order chi connectivity index (χ0) is 14.0. The van der Waals surface area contributed by atoms with E-state index in [-0.39, 0.29) is 28.1 Å². The van der Waals surface area contributed by atoms with Crippen molar-refractivity contribution in [1.82, 2.24) is 20.0 Å². The van der Waals surface area contributed by atoms with Crippen LogP contribution in [-0.2, 0) is 0 Å². The Morgan fingerprint density at radius 2 is 2.16 bits per heavy atom. The minimum Gasteiger partial charge on any atom is -0.409 e. The number of hydrogen-bond donors (Lipinski definition) is 1. The van der Waals surface area contributed by atoms with E-state index in [2.05, 4.69) is 19.9 Å². The van der Waals surface area contributed by atoms with Gasteiger partial charge in [-0.25, -0.2) is 9.78 Å². The number of hydrogen-bond acceptors (Lipinski definition) is 6. The number of amides is 1. The van der Waals surface area contributed by atoms with E-state index in [0.717, 1.165) is 4.80 Å². The van der Waals surface area contributed by atoms with E-state index in [1.54, 1.807) is 0 Å². The molecule has 98 valence electrons. The van der Waals surface area contributed by atoms with E-state index in [1.165, 1.54) is 25.4 Å². The van der Waals surface area contributed by atoms with Gasteiger partial charge in [-0.2, -0.15) is 5.10 Å². The first-order valence-corrected chi connectivity index (χ1v) is 5.41. The SMILES string of the molecule is CC(=O)c1cnn(-c2ncc(OC(N)=O)cc2Cl)n1. The van der Waals surface area contributed by atoms with Crippen LogP contribution in [0.4, 0.5) is 4.79 Å². The molecule has 0 spiro atoms. The van der Waals surface area contributed by atoms with Gasteiger partial charge < -0.3 is 10.5 Å². The largest absolute Gasteiger partial charge is 0.410 e. The summed E-state index contributed by atoms with van der Waals surface area (Å²) in [4.78, 5) is 26.7. The topological polar surface area (TPSA) is 113 Å². The Hall–Kier alpha value is -2.48. The van der Waals surface area contributed by atoms with E-state index in [4.69, 9.17) is 17.3 Å². The van der Waals surface area contributed by atoms with Crippen molar-refractivity contribution in [3.8, 4) is 11.6 Å². The van der Waals surface area contributed by atoms with Gasteiger partial charge in [-0.3, -0.25) is 4.79 Å². The first kappa shape index (κ1) is 13.0. The molecule has 8 nitrogen and oxygen atoms in total. The molecule has 2 aromatic rings. The monoisotopic (exact) mass is 281 g/mol. The molecule has 0 radical (unpaired) electrons. The molecular formula is C10H8ClN5O3. The zero-order valence-electron chi connectivity index (χ0n) is 9.70. The van der Waals surface area contributed by atoms with Gasteiger partial charge in [0.1, 0.15) is 5.69 Å². The summed E-state index contributed by atoms with van der Waals surface area (Å²) in [5.41, 5.74) is 5.05. The summed E-state index contributed by atoms with van der Waals surface area (Å²) < 4.78 is 4.62. The summed E-state index contributed by atoms with van der Waals surface area (Å²) in [6.45, 7) is 1.37. The number of rotatable bonds is 3. The molecule has 0 bridgehead atoms. The molecule has 19 heavy (non-hydrogen) atoms. The fourth-order valence-corrected chi connectivity index (χ4v) is 1.49. The van der Waals surface area contributed by atoms with Crippen molar-refractivity contribution in [2.24, 2.45) is 5.73 Å². The van der Waals surface area contributed by atoms with Gasteiger partial charge >= 0.3 is 6.09 Å². The molecule has 0 aliphatic carbocycles. The van der Waals surface area contributed by atoms with Gasteiger partial charge in [0.15, 0.2) is 17.4 Å². The standard InChI is InChI=1S/C10H8ClN5O3/c1-5(17)8-4-14-16(15-8)9-7(11)2-6(3-13-9)19-10(12)18/h2-4H,1H3,(H2,12,18). The van der Waals surface area contributed by atoms with Crippen molar-refractivity contribution in [1.29, 1.82) is 0 Å². The predicted octanol–water partition coefficient (Wildman–Crippen LogP) is 0.976. The number of ether oxygens (including phenoxy) is 1. The molecule has 2 aromatic heterocycles. The molecule has 0 atom stereocenters. The van der Waals surface area contributed by atoms with Crippen molar-refractivity contribution in [3.05, 3.63) is 29.2 Å². The van der Waals surface area contributed by atoms with Gasteiger partial charge in [-0.1, -0.05) is 11.6 Å². The highest BCUT2D eigenvalue weighted by molar-refractivity contribution is 6.32. The van der Waals surface area contributed by atoms with Crippen molar-refractivity contribution >= 4 is 23.5 Å². The highest BCUT2D eigenvalue weighted by Gasteiger charge is 2.12. The number of pyridine rings is 1. The lowest BCUT2D eigenvalue weighted by Gasteiger charge is -2.04. The molecule has 9 heteroatoms. The van der Waals surface area contributed by atoms with E-state index < -0.39 is 6.09 Å². The average molecular weight is 282 g/mol. The Morgan fingerprint density at radius 1 is 1.42 bits per heavy atom. The second-order valence-electron chi connectivity index (χ2n) is 3.47. The number of aromatic nitrogens is 4. The summed E-state index contributed by atoms with van der Waals surface area (Å²) in [6.07, 6.45) is 1.57. The summed E-state index contributed by atoms with van der Waals surface area (Å²) in [5.74, 6) is 0.0715. The third kappa shape index (κ3) is 2.86. The molecule has 0 aliphatic heterocycles. The van der Waals surface area contributed by atoms with Crippen LogP contribution in [0.5, 0.6) is 5.75 Å². The van der Waals surface area contributed by atoms with E-state index in [0.29, 0.717) is 0 Å². The van der Waals surface area contributed by atoms with Crippen LogP contribution in [0, 0.1) is 0 Å². The van der Waals surface area contributed by atoms with E-state index >= 15 is 0 Å². The second kappa shape index (κ2) is 5.02. The third-order valence-electron chi connectivity index (χ3n) is 2.06. The normalized spacial score (nSPS) is 10.2. The zero-order valence-corrected chi connectivity index (χ0v) is 10.5. The lowest BCUT2D eigenvalue weighted by Crippen LogP contribution is -2.16. The molecule has 0 fully saturated rings. The van der Waals surface area contributed by atoms with Crippen LogP contribution < -0.4 is 10.5 Å². The van der Waals surface area contributed by atoms with Crippen LogP contribution in [-0.4, -0.2) is 31.9 Å². The quantitative estimate of drug-likeness (QED) is 0.839. The highest BCUT2D eigenvalue weighted by Crippen LogP contribution is 2.22. The predicted molar refractivity (Wildman–Crippen MR) is 64.4 cm³/mol. The maximum absolute atomic E-state index is 11.1. The summed E-state index contributed by atoms with van der Waals surface area (Å²) in [5, 5.41) is 7.92. The van der Waals surface area contributed by atoms with Gasteiger partial charge in [0.25, 0.3) is 0 Å². The maximum atomic E-state index is 11.1. The van der Waals surface area contributed by atoms with E-state index in [1.807, 2.05) is 0 Å².